The Morgan fingerprint density at radius 3 is 2.61 bits per heavy atom. The van der Waals surface area contributed by atoms with E-state index in [4.69, 9.17) is 11.6 Å². The number of aromatic nitrogens is 4. The van der Waals surface area contributed by atoms with Crippen LogP contribution in [0.1, 0.15) is 0 Å². The molecule has 0 fully saturated rings. The number of nitrogens with zero attached hydrogens (tertiary/aromatic N) is 4. The van der Waals surface area contributed by atoms with E-state index in [1.165, 1.54) is 0 Å². The first-order chi connectivity index (χ1) is 13.6. The quantitative estimate of drug-likeness (QED) is 0.445. The minimum Gasteiger partial charge on any atom is -0.293 e. The lowest BCUT2D eigenvalue weighted by atomic mass is 10.0. The van der Waals surface area contributed by atoms with Crippen LogP contribution in [0.25, 0.3) is 38.8 Å². The van der Waals surface area contributed by atoms with Gasteiger partial charge in [0.05, 0.1) is 33.5 Å². The summed E-state index contributed by atoms with van der Waals surface area (Å²) in [4.78, 5) is 21.8. The second-order valence-electron chi connectivity index (χ2n) is 6.59. The number of fused-ring (bicyclic) bond motifs is 3. The van der Waals surface area contributed by atoms with Crippen LogP contribution < -0.4 is 5.69 Å². The first kappa shape index (κ1) is 16.7. The van der Waals surface area contributed by atoms with Crippen LogP contribution in [-0.4, -0.2) is 19.1 Å². The van der Waals surface area contributed by atoms with Gasteiger partial charge in [0.1, 0.15) is 0 Å². The number of rotatable bonds is 2. The third kappa shape index (κ3) is 2.44. The van der Waals surface area contributed by atoms with Crippen LogP contribution in [0.4, 0.5) is 0 Å². The number of aryl methyl sites for hydroxylation is 1. The second kappa shape index (κ2) is 6.32. The Hall–Kier alpha value is -3.44. The molecule has 136 valence electrons. The molecule has 0 aliphatic carbocycles. The molecule has 5 rings (SSSR count). The smallest absolute Gasteiger partial charge is 0.293 e. The molecule has 0 bridgehead atoms. The number of pyridine rings is 2. The topological polar surface area (TPSA) is 52.7 Å². The molecule has 0 aliphatic heterocycles. The van der Waals surface area contributed by atoms with E-state index in [0.717, 1.165) is 33.1 Å². The van der Waals surface area contributed by atoms with Gasteiger partial charge in [0.15, 0.2) is 0 Å². The molecule has 3 aromatic heterocycles. The van der Waals surface area contributed by atoms with Crippen molar-refractivity contribution in [1.29, 1.82) is 0 Å². The molecule has 0 aliphatic rings. The highest BCUT2D eigenvalue weighted by atomic mass is 35.5. The van der Waals surface area contributed by atoms with E-state index in [1.54, 1.807) is 34.6 Å². The van der Waals surface area contributed by atoms with Gasteiger partial charge in [-0.2, -0.15) is 0 Å². The Labute approximate surface area is 165 Å². The molecule has 0 atom stereocenters. The first-order valence-corrected chi connectivity index (χ1v) is 9.18. The summed E-state index contributed by atoms with van der Waals surface area (Å²) in [6.07, 6.45) is 5.30. The van der Waals surface area contributed by atoms with Gasteiger partial charge in [-0.15, -0.1) is 0 Å². The van der Waals surface area contributed by atoms with E-state index in [-0.39, 0.29) is 5.69 Å². The second-order valence-corrected chi connectivity index (χ2v) is 7.00. The summed E-state index contributed by atoms with van der Waals surface area (Å²) in [6, 6.07) is 17.3. The minimum atomic E-state index is -0.163. The van der Waals surface area contributed by atoms with E-state index in [1.807, 2.05) is 48.7 Å². The predicted octanol–water partition coefficient (Wildman–Crippen LogP) is 4.59. The van der Waals surface area contributed by atoms with Crippen molar-refractivity contribution in [2.45, 2.75) is 0 Å². The zero-order valence-electron chi connectivity index (χ0n) is 15.0. The molecule has 0 amide bonds. The van der Waals surface area contributed by atoms with Gasteiger partial charge in [0.2, 0.25) is 0 Å². The molecule has 5 nitrogen and oxygen atoms in total. The van der Waals surface area contributed by atoms with Gasteiger partial charge in [-0.25, -0.2) is 4.79 Å². The summed E-state index contributed by atoms with van der Waals surface area (Å²) >= 11 is 6.43. The fraction of sp³-hybridized carbons (Fsp3) is 0.0455. The molecule has 0 radical (unpaired) electrons. The van der Waals surface area contributed by atoms with Crippen molar-refractivity contribution >= 4 is 33.5 Å². The van der Waals surface area contributed by atoms with Crippen molar-refractivity contribution < 1.29 is 0 Å². The highest BCUT2D eigenvalue weighted by Gasteiger charge is 2.18. The first-order valence-electron chi connectivity index (χ1n) is 8.80. The largest absolute Gasteiger partial charge is 0.333 e. The zero-order chi connectivity index (χ0) is 19.3. The van der Waals surface area contributed by atoms with Crippen LogP contribution >= 0.6 is 11.6 Å². The predicted molar refractivity (Wildman–Crippen MR) is 112 cm³/mol. The average Bonchev–Trinajstić information content (AvgIpc) is 2.99. The summed E-state index contributed by atoms with van der Waals surface area (Å²) in [5, 5.41) is 1.40. The van der Waals surface area contributed by atoms with Crippen LogP contribution in [0.15, 0.2) is 78.0 Å². The molecule has 0 saturated carbocycles. The average molecular weight is 387 g/mol. The summed E-state index contributed by atoms with van der Waals surface area (Å²) < 4.78 is 3.26. The highest BCUT2D eigenvalue weighted by molar-refractivity contribution is 6.32. The number of halogens is 1. The lowest BCUT2D eigenvalue weighted by Crippen LogP contribution is -2.21. The Morgan fingerprint density at radius 1 is 0.964 bits per heavy atom. The van der Waals surface area contributed by atoms with Crippen LogP contribution in [-0.2, 0) is 7.05 Å². The summed E-state index contributed by atoms with van der Waals surface area (Å²) in [6.45, 7) is 0. The van der Waals surface area contributed by atoms with E-state index < -0.39 is 0 Å². The van der Waals surface area contributed by atoms with Crippen molar-refractivity contribution in [2.24, 2.45) is 7.05 Å². The van der Waals surface area contributed by atoms with E-state index in [9.17, 15) is 4.79 Å². The summed E-state index contributed by atoms with van der Waals surface area (Å²) in [5.74, 6) is 0. The molecule has 6 heteroatoms. The fourth-order valence-electron chi connectivity index (χ4n) is 3.57. The lowest BCUT2D eigenvalue weighted by Gasteiger charge is -2.09. The number of hydrogen-bond acceptors (Lipinski definition) is 3. The molecule has 3 heterocycles. The molecule has 0 unspecified atom stereocenters. The van der Waals surface area contributed by atoms with Crippen molar-refractivity contribution in [3.8, 4) is 16.8 Å². The number of benzene rings is 2. The Balaban J connectivity index is 1.93. The monoisotopic (exact) mass is 386 g/mol. The highest BCUT2D eigenvalue weighted by Crippen LogP contribution is 2.30. The van der Waals surface area contributed by atoms with Crippen LogP contribution in [0.3, 0.4) is 0 Å². The summed E-state index contributed by atoms with van der Waals surface area (Å²) in [5.41, 5.74) is 4.85. The van der Waals surface area contributed by atoms with E-state index >= 15 is 0 Å². The van der Waals surface area contributed by atoms with Crippen molar-refractivity contribution in [2.75, 3.05) is 0 Å². The Bertz CT molecular complexity index is 1400. The molecular weight excluding hydrogens is 372 g/mol. The Morgan fingerprint density at radius 2 is 1.82 bits per heavy atom. The van der Waals surface area contributed by atoms with Gasteiger partial charge in [0.25, 0.3) is 0 Å². The van der Waals surface area contributed by atoms with Crippen LogP contribution in [0.2, 0.25) is 5.02 Å². The maximum Gasteiger partial charge on any atom is 0.333 e. The molecule has 2 aromatic carbocycles. The molecular formula is C22H15ClN4O. The van der Waals surface area contributed by atoms with Crippen LogP contribution in [0, 0.1) is 0 Å². The number of para-hydroxylation sites is 1. The normalized spacial score (nSPS) is 11.4. The third-order valence-electron chi connectivity index (χ3n) is 4.97. The fourth-order valence-corrected chi connectivity index (χ4v) is 3.79. The number of hydrogen-bond donors (Lipinski definition) is 0. The maximum atomic E-state index is 13.1. The number of imidazole rings is 1. The minimum absolute atomic E-state index is 0.163. The van der Waals surface area contributed by atoms with E-state index in [0.29, 0.717) is 10.7 Å². The molecule has 0 spiro atoms. The van der Waals surface area contributed by atoms with Gasteiger partial charge in [0, 0.05) is 30.4 Å². The van der Waals surface area contributed by atoms with Crippen molar-refractivity contribution in [3.05, 3.63) is 88.7 Å². The lowest BCUT2D eigenvalue weighted by molar-refractivity contribution is 0.846. The van der Waals surface area contributed by atoms with Gasteiger partial charge in [-0.05, 0) is 35.9 Å². The standard InChI is InChI=1S/C22H15ClN4O/c1-26-20-13-25-18-9-8-14(15-5-4-10-24-12-15)11-16(18)21(20)27(22(26)28)19-7-3-2-6-17(19)23/h2-13H,1H3. The summed E-state index contributed by atoms with van der Waals surface area (Å²) in [7, 11) is 1.75. The van der Waals surface area contributed by atoms with Crippen LogP contribution in [0.5, 0.6) is 0 Å². The van der Waals surface area contributed by atoms with Gasteiger partial charge >= 0.3 is 5.69 Å². The van der Waals surface area contributed by atoms with Gasteiger partial charge in [-0.3, -0.25) is 19.1 Å². The SMILES string of the molecule is Cn1c(=O)n(-c2ccccc2Cl)c2c3cc(-c4cccnc4)ccc3ncc21. The van der Waals surface area contributed by atoms with Gasteiger partial charge in [-0.1, -0.05) is 35.9 Å². The van der Waals surface area contributed by atoms with Crippen molar-refractivity contribution in [3.63, 3.8) is 0 Å². The molecule has 28 heavy (non-hydrogen) atoms. The van der Waals surface area contributed by atoms with Gasteiger partial charge < -0.3 is 0 Å². The third-order valence-corrected chi connectivity index (χ3v) is 5.29. The molecule has 0 saturated heterocycles. The maximum absolute atomic E-state index is 13.1. The Kier molecular flexibility index (Phi) is 3.77. The molecule has 5 aromatic rings. The molecule has 0 N–H and O–H groups in total. The van der Waals surface area contributed by atoms with E-state index in [2.05, 4.69) is 16.0 Å². The zero-order valence-corrected chi connectivity index (χ0v) is 15.8. The van der Waals surface area contributed by atoms with Crippen molar-refractivity contribution in [1.82, 2.24) is 19.1 Å².